The molecule has 208 valence electrons. The summed E-state index contributed by atoms with van der Waals surface area (Å²) in [5, 5.41) is 6.67. The van der Waals surface area contributed by atoms with E-state index in [-0.39, 0.29) is 48.2 Å². The van der Waals surface area contributed by atoms with E-state index >= 15 is 0 Å². The lowest BCUT2D eigenvalue weighted by molar-refractivity contribution is -0.139. The van der Waals surface area contributed by atoms with Crippen molar-refractivity contribution in [3.8, 4) is 17.1 Å². The molecule has 3 rings (SSSR count). The Bertz CT molecular complexity index is 960. The van der Waals surface area contributed by atoms with Crippen LogP contribution in [0.5, 0.6) is 5.75 Å². The smallest absolute Gasteiger partial charge is 0.419 e. The van der Waals surface area contributed by atoms with Crippen molar-refractivity contribution in [3.63, 3.8) is 0 Å². The van der Waals surface area contributed by atoms with Gasteiger partial charge in [0.2, 0.25) is 11.7 Å². The van der Waals surface area contributed by atoms with Gasteiger partial charge in [0, 0.05) is 18.5 Å². The van der Waals surface area contributed by atoms with Gasteiger partial charge in [0.05, 0.1) is 18.2 Å². The zero-order valence-corrected chi connectivity index (χ0v) is 21.9. The highest BCUT2D eigenvalue weighted by atomic mass is 19.4. The molecule has 1 aromatic carbocycles. The number of unbranched alkanes of at least 4 members (excludes halogenated alkanes) is 5. The second kappa shape index (κ2) is 14.3. The summed E-state index contributed by atoms with van der Waals surface area (Å²) in [6, 6.07) is 3.30. The number of halogens is 4. The first-order valence-electron chi connectivity index (χ1n) is 12.6. The molecule has 0 saturated carbocycles. The third-order valence-corrected chi connectivity index (χ3v) is 5.52. The predicted octanol–water partition coefficient (Wildman–Crippen LogP) is 6.83. The molecule has 1 aliphatic rings. The van der Waals surface area contributed by atoms with Crippen molar-refractivity contribution in [1.82, 2.24) is 15.5 Å². The van der Waals surface area contributed by atoms with Crippen LogP contribution in [0.1, 0.15) is 90.1 Å². The maximum Gasteiger partial charge on any atom is 0.419 e. The topological polar surface area (TPSA) is 86.5 Å². The summed E-state index contributed by atoms with van der Waals surface area (Å²) >= 11 is 0. The fraction of sp³-hybridized carbons (Fsp3) is 0.654. The average Bonchev–Trinajstić information content (AvgIpc) is 3.47. The Morgan fingerprint density at radius 2 is 1.84 bits per heavy atom. The summed E-state index contributed by atoms with van der Waals surface area (Å²) in [6.07, 6.45) is 0.756. The highest BCUT2D eigenvalue weighted by Crippen LogP contribution is 2.38. The maximum atomic E-state index is 13.6. The van der Waals surface area contributed by atoms with E-state index in [2.05, 4.69) is 27.1 Å². The second-order valence-corrected chi connectivity index (χ2v) is 9.90. The van der Waals surface area contributed by atoms with E-state index in [0.717, 1.165) is 31.7 Å². The monoisotopic (exact) mass is 531 g/mol. The first kappa shape index (κ1) is 30.5. The average molecular weight is 532 g/mol. The Kier molecular flexibility index (Phi) is 11.8. The minimum Gasteiger partial charge on any atom is -0.493 e. The van der Waals surface area contributed by atoms with Crippen LogP contribution in [0.2, 0.25) is 0 Å². The first-order chi connectivity index (χ1) is 17.4. The molecule has 0 aliphatic carbocycles. The van der Waals surface area contributed by atoms with Gasteiger partial charge in [-0.25, -0.2) is 4.39 Å². The van der Waals surface area contributed by atoms with E-state index in [4.69, 9.17) is 9.26 Å². The predicted molar refractivity (Wildman–Crippen MR) is 131 cm³/mol. The highest BCUT2D eigenvalue weighted by molar-refractivity contribution is 5.59. The molecular weight excluding hydrogens is 494 g/mol. The van der Waals surface area contributed by atoms with E-state index in [1.807, 2.05) is 20.8 Å². The van der Waals surface area contributed by atoms with E-state index in [1.54, 1.807) is 0 Å². The second-order valence-electron chi connectivity index (χ2n) is 9.90. The molecular formula is C26H37F4N3O4. The minimum absolute atomic E-state index is 0.0297. The molecule has 0 spiro atoms. The minimum atomic E-state index is -4.58. The van der Waals surface area contributed by atoms with Gasteiger partial charge in [-0.05, 0) is 45.4 Å². The lowest BCUT2D eigenvalue weighted by Crippen LogP contribution is -2.17. The lowest BCUT2D eigenvalue weighted by atomic mass is 10.1. The van der Waals surface area contributed by atoms with Crippen LogP contribution < -0.4 is 10.1 Å². The highest BCUT2D eigenvalue weighted by Gasteiger charge is 2.35. The van der Waals surface area contributed by atoms with Crippen LogP contribution in [-0.4, -0.2) is 41.5 Å². The van der Waals surface area contributed by atoms with Crippen LogP contribution >= 0.6 is 0 Å². The number of nitrogens with zero attached hydrogens (tertiary/aromatic N) is 2. The summed E-state index contributed by atoms with van der Waals surface area (Å²) < 4.78 is 69.1. The van der Waals surface area contributed by atoms with Gasteiger partial charge in [0.25, 0.3) is 6.47 Å². The summed E-state index contributed by atoms with van der Waals surface area (Å²) in [7, 11) is 0. The zero-order chi connectivity index (χ0) is 27.5. The van der Waals surface area contributed by atoms with Crippen LogP contribution in [0.4, 0.5) is 17.6 Å². The quantitative estimate of drug-likeness (QED) is 0.193. The number of ether oxygens (including phenoxy) is 2. The normalized spacial score (nSPS) is 17.7. The van der Waals surface area contributed by atoms with E-state index in [0.29, 0.717) is 12.9 Å². The van der Waals surface area contributed by atoms with Gasteiger partial charge in [0.15, 0.2) is 0 Å². The third-order valence-electron chi connectivity index (χ3n) is 5.52. The van der Waals surface area contributed by atoms with Gasteiger partial charge >= 0.3 is 6.18 Å². The molecule has 37 heavy (non-hydrogen) atoms. The summed E-state index contributed by atoms with van der Waals surface area (Å²) in [6.45, 7) is 8.47. The molecule has 0 bridgehead atoms. The Labute approximate surface area is 215 Å². The van der Waals surface area contributed by atoms with Crippen LogP contribution in [0.3, 0.4) is 0 Å². The third kappa shape index (κ3) is 10.7. The molecule has 2 atom stereocenters. The zero-order valence-electron chi connectivity index (χ0n) is 21.9. The van der Waals surface area contributed by atoms with Gasteiger partial charge in [-0.15, -0.1) is 0 Å². The number of benzene rings is 1. The maximum absolute atomic E-state index is 13.6. The molecule has 2 heterocycles. The van der Waals surface area contributed by atoms with Gasteiger partial charge in [0.1, 0.15) is 17.5 Å². The van der Waals surface area contributed by atoms with Crippen molar-refractivity contribution >= 4 is 6.47 Å². The molecule has 1 aliphatic heterocycles. The van der Waals surface area contributed by atoms with Crippen LogP contribution in [0.15, 0.2) is 22.7 Å². The number of carbonyl (C=O) groups is 1. The van der Waals surface area contributed by atoms with Crippen molar-refractivity contribution in [1.29, 1.82) is 0 Å². The molecule has 1 aromatic heterocycles. The molecule has 1 fully saturated rings. The Hall–Kier alpha value is -2.69. The van der Waals surface area contributed by atoms with E-state index in [9.17, 15) is 22.4 Å². The Morgan fingerprint density at radius 3 is 2.41 bits per heavy atom. The molecule has 0 radical (unpaired) electrons. The Balaban J connectivity index is 0.000000604. The molecule has 7 nitrogen and oxygen atoms in total. The molecule has 0 amide bonds. The number of hydrogen-bond acceptors (Lipinski definition) is 7. The molecule has 2 aromatic rings. The van der Waals surface area contributed by atoms with Crippen LogP contribution in [0, 0.1) is 0 Å². The largest absolute Gasteiger partial charge is 0.493 e. The Morgan fingerprint density at radius 1 is 1.14 bits per heavy atom. The van der Waals surface area contributed by atoms with Crippen LogP contribution in [0.25, 0.3) is 11.4 Å². The van der Waals surface area contributed by atoms with Crippen molar-refractivity contribution in [3.05, 3.63) is 29.7 Å². The van der Waals surface area contributed by atoms with Crippen LogP contribution in [-0.2, 0) is 15.7 Å². The van der Waals surface area contributed by atoms with Crippen molar-refractivity contribution in [2.45, 2.75) is 96.6 Å². The molecule has 11 heteroatoms. The fourth-order valence-corrected chi connectivity index (χ4v) is 3.60. The van der Waals surface area contributed by atoms with Crippen molar-refractivity contribution in [2.24, 2.45) is 0 Å². The van der Waals surface area contributed by atoms with Crippen molar-refractivity contribution in [2.75, 3.05) is 13.2 Å². The molecule has 1 saturated heterocycles. The van der Waals surface area contributed by atoms with Crippen molar-refractivity contribution < 1.29 is 36.4 Å². The van der Waals surface area contributed by atoms with Gasteiger partial charge in [-0.3, -0.25) is 4.79 Å². The summed E-state index contributed by atoms with van der Waals surface area (Å²) in [5.74, 6) is -0.00884. The number of rotatable bonds is 11. The van der Waals surface area contributed by atoms with E-state index in [1.165, 1.54) is 18.6 Å². The summed E-state index contributed by atoms with van der Waals surface area (Å²) in [5.41, 5.74) is -1.03. The number of nitrogens with one attached hydrogen (secondary N) is 1. The van der Waals surface area contributed by atoms with Gasteiger partial charge in [-0.2, -0.15) is 18.2 Å². The molecule has 0 unspecified atom stereocenters. The number of aromatic nitrogens is 2. The molecule has 1 N–H and O–H groups in total. The SMILES string of the molecule is CC(C)(C)OC=O.CCCCCCCCOc1ccc(-c2noc([C@@H]3C[C@H](F)CN3)n2)cc1C(F)(F)F. The number of alkyl halides is 4. The number of carbonyl (C=O) groups excluding carboxylic acids is 1. The summed E-state index contributed by atoms with van der Waals surface area (Å²) in [4.78, 5) is 13.7. The first-order valence-corrected chi connectivity index (χ1v) is 12.6. The van der Waals surface area contributed by atoms with E-state index < -0.39 is 24.0 Å². The van der Waals surface area contributed by atoms with Gasteiger partial charge < -0.3 is 19.3 Å². The lowest BCUT2D eigenvalue weighted by Gasteiger charge is -2.14. The van der Waals surface area contributed by atoms with Gasteiger partial charge in [-0.1, -0.05) is 44.2 Å². The standard InChI is InChI=1S/C21H27F4N3O2.C5H10O2/c1-2-3-4-5-6-7-10-29-18-9-8-14(11-16(18)21(23,24)25)19-27-20(30-28-19)17-12-15(22)13-26-17;1-5(2,3)7-4-6/h8-9,11,15,17,26H,2-7,10,12-13H2,1H3;4H,1-3H3/t15-,17-;/m0./s1. The fourth-order valence-electron chi connectivity index (χ4n) is 3.60. The number of hydrogen-bond donors (Lipinski definition) is 1.